The second kappa shape index (κ2) is 5.66. The molecule has 0 unspecified atom stereocenters. The first-order chi connectivity index (χ1) is 9.47. The van der Waals surface area contributed by atoms with Gasteiger partial charge in [-0.15, -0.1) is 0 Å². The molecule has 0 spiro atoms. The zero-order chi connectivity index (χ0) is 14.7. The molecule has 1 amide bonds. The van der Waals surface area contributed by atoms with E-state index in [0.717, 1.165) is 12.1 Å². The van der Waals surface area contributed by atoms with Crippen LogP contribution in [0.3, 0.4) is 0 Å². The van der Waals surface area contributed by atoms with Gasteiger partial charge >= 0.3 is 0 Å². The van der Waals surface area contributed by atoms with Crippen LogP contribution >= 0.6 is 11.6 Å². The van der Waals surface area contributed by atoms with Crippen LogP contribution in [0.15, 0.2) is 42.5 Å². The van der Waals surface area contributed by atoms with Gasteiger partial charge in [0, 0.05) is 17.3 Å². The molecule has 0 bridgehead atoms. The molecule has 1 N–H and O–H groups in total. The lowest BCUT2D eigenvalue weighted by Crippen LogP contribution is -2.12. The predicted molar refractivity (Wildman–Crippen MR) is 72.5 cm³/mol. The van der Waals surface area contributed by atoms with Gasteiger partial charge in [-0.1, -0.05) is 17.7 Å². The van der Waals surface area contributed by atoms with Crippen molar-refractivity contribution in [1.82, 2.24) is 0 Å². The van der Waals surface area contributed by atoms with E-state index >= 15 is 0 Å². The summed E-state index contributed by atoms with van der Waals surface area (Å²) >= 11 is 5.72. The average Bonchev–Trinajstić information content (AvgIpc) is 2.38. The number of anilines is 1. The molecule has 0 saturated heterocycles. The molecule has 102 valence electrons. The van der Waals surface area contributed by atoms with E-state index in [1.165, 1.54) is 30.3 Å². The Hall–Kier alpha value is -2.47. The SMILES string of the molecule is O=C(Nc1cccc(F)c1)c1ccc([N+](=O)[O-])c(Cl)c1. The molecule has 0 radical (unpaired) electrons. The summed E-state index contributed by atoms with van der Waals surface area (Å²) in [7, 11) is 0. The summed E-state index contributed by atoms with van der Waals surface area (Å²) in [6.07, 6.45) is 0. The van der Waals surface area contributed by atoms with Crippen LogP contribution in [0.4, 0.5) is 15.8 Å². The Morgan fingerprint density at radius 3 is 2.60 bits per heavy atom. The number of benzene rings is 2. The standard InChI is InChI=1S/C13H8ClFN2O3/c14-11-6-8(4-5-12(11)17(19)20)13(18)16-10-3-1-2-9(15)7-10/h1-7H,(H,16,18). The van der Waals surface area contributed by atoms with Gasteiger partial charge in [-0.3, -0.25) is 14.9 Å². The first kappa shape index (κ1) is 14.0. The van der Waals surface area contributed by atoms with Gasteiger partial charge in [0.1, 0.15) is 10.8 Å². The summed E-state index contributed by atoms with van der Waals surface area (Å²) in [4.78, 5) is 21.9. The summed E-state index contributed by atoms with van der Waals surface area (Å²) in [5.41, 5.74) is 0.142. The van der Waals surface area contributed by atoms with E-state index in [-0.39, 0.29) is 22.0 Å². The molecular weight excluding hydrogens is 287 g/mol. The van der Waals surface area contributed by atoms with Crippen molar-refractivity contribution >= 4 is 28.9 Å². The van der Waals surface area contributed by atoms with Crippen molar-refractivity contribution in [1.29, 1.82) is 0 Å². The zero-order valence-electron chi connectivity index (χ0n) is 9.97. The first-order valence-electron chi connectivity index (χ1n) is 5.48. The second-order valence-corrected chi connectivity index (χ2v) is 4.29. The number of halogens is 2. The van der Waals surface area contributed by atoms with Crippen molar-refractivity contribution in [2.24, 2.45) is 0 Å². The van der Waals surface area contributed by atoms with Crippen molar-refractivity contribution in [3.8, 4) is 0 Å². The maximum absolute atomic E-state index is 13.0. The fourth-order valence-corrected chi connectivity index (χ4v) is 1.82. The number of nitrogens with one attached hydrogen (secondary N) is 1. The fourth-order valence-electron chi connectivity index (χ4n) is 1.57. The van der Waals surface area contributed by atoms with Crippen LogP contribution in [0.25, 0.3) is 0 Å². The fraction of sp³-hybridized carbons (Fsp3) is 0. The highest BCUT2D eigenvalue weighted by molar-refractivity contribution is 6.33. The number of nitrogens with zero attached hydrogens (tertiary/aromatic N) is 1. The molecule has 0 heterocycles. The van der Waals surface area contributed by atoms with E-state index in [0.29, 0.717) is 0 Å². The Morgan fingerprint density at radius 1 is 1.25 bits per heavy atom. The van der Waals surface area contributed by atoms with Crippen LogP contribution in [0, 0.1) is 15.9 Å². The molecule has 0 aliphatic rings. The number of carbonyl (C=O) groups excluding carboxylic acids is 1. The Morgan fingerprint density at radius 2 is 2.00 bits per heavy atom. The first-order valence-corrected chi connectivity index (χ1v) is 5.86. The van der Waals surface area contributed by atoms with E-state index in [4.69, 9.17) is 11.6 Å². The summed E-state index contributed by atoms with van der Waals surface area (Å²) in [6, 6.07) is 8.99. The Bertz CT molecular complexity index is 691. The Labute approximate surface area is 118 Å². The van der Waals surface area contributed by atoms with E-state index in [2.05, 4.69) is 5.32 Å². The van der Waals surface area contributed by atoms with Gasteiger partial charge < -0.3 is 5.32 Å². The number of hydrogen-bond acceptors (Lipinski definition) is 3. The third-order valence-electron chi connectivity index (χ3n) is 2.49. The van der Waals surface area contributed by atoms with Crippen molar-refractivity contribution in [2.75, 3.05) is 5.32 Å². The van der Waals surface area contributed by atoms with Crippen LogP contribution in [0.5, 0.6) is 0 Å². The summed E-state index contributed by atoms with van der Waals surface area (Å²) < 4.78 is 13.0. The van der Waals surface area contributed by atoms with E-state index in [1.807, 2.05) is 0 Å². The largest absolute Gasteiger partial charge is 0.322 e. The molecular formula is C13H8ClFN2O3. The molecule has 0 atom stereocenters. The van der Waals surface area contributed by atoms with E-state index < -0.39 is 16.6 Å². The van der Waals surface area contributed by atoms with Crippen LogP contribution in [0.1, 0.15) is 10.4 Å². The van der Waals surface area contributed by atoms with Gasteiger partial charge in [0.2, 0.25) is 0 Å². The molecule has 0 aromatic heterocycles. The van der Waals surface area contributed by atoms with Crippen LogP contribution in [0.2, 0.25) is 5.02 Å². The number of hydrogen-bond donors (Lipinski definition) is 1. The molecule has 0 aliphatic carbocycles. The molecule has 2 aromatic rings. The number of carbonyl (C=O) groups is 1. The Kier molecular flexibility index (Phi) is 3.95. The number of rotatable bonds is 3. The lowest BCUT2D eigenvalue weighted by Gasteiger charge is -2.05. The highest BCUT2D eigenvalue weighted by Gasteiger charge is 2.15. The predicted octanol–water partition coefficient (Wildman–Crippen LogP) is 3.64. The normalized spacial score (nSPS) is 10.1. The quantitative estimate of drug-likeness (QED) is 0.694. The van der Waals surface area contributed by atoms with E-state index in [9.17, 15) is 19.3 Å². The topological polar surface area (TPSA) is 72.2 Å². The van der Waals surface area contributed by atoms with Crippen LogP contribution in [-0.4, -0.2) is 10.8 Å². The molecule has 20 heavy (non-hydrogen) atoms. The van der Waals surface area contributed by atoms with Gasteiger partial charge in [0.05, 0.1) is 4.92 Å². The minimum Gasteiger partial charge on any atom is -0.322 e. The van der Waals surface area contributed by atoms with Crippen LogP contribution < -0.4 is 5.32 Å². The highest BCUT2D eigenvalue weighted by Crippen LogP contribution is 2.25. The molecule has 0 aliphatic heterocycles. The molecule has 7 heteroatoms. The third kappa shape index (κ3) is 3.10. The zero-order valence-corrected chi connectivity index (χ0v) is 10.7. The lowest BCUT2D eigenvalue weighted by molar-refractivity contribution is -0.384. The average molecular weight is 295 g/mol. The molecule has 5 nitrogen and oxygen atoms in total. The van der Waals surface area contributed by atoms with Gasteiger partial charge in [-0.2, -0.15) is 0 Å². The smallest absolute Gasteiger partial charge is 0.287 e. The molecule has 2 aromatic carbocycles. The van der Waals surface area contributed by atoms with Crippen molar-refractivity contribution in [3.05, 3.63) is 69.0 Å². The number of nitro groups is 1. The van der Waals surface area contributed by atoms with Crippen LogP contribution in [-0.2, 0) is 0 Å². The summed E-state index contributed by atoms with van der Waals surface area (Å²) in [5.74, 6) is -1.02. The van der Waals surface area contributed by atoms with Crippen molar-refractivity contribution < 1.29 is 14.1 Å². The minimum atomic E-state index is -0.642. The maximum Gasteiger partial charge on any atom is 0.287 e. The van der Waals surface area contributed by atoms with Gasteiger partial charge in [-0.05, 0) is 30.3 Å². The highest BCUT2D eigenvalue weighted by atomic mass is 35.5. The summed E-state index contributed by atoms with van der Waals surface area (Å²) in [6.45, 7) is 0. The monoisotopic (exact) mass is 294 g/mol. The number of amides is 1. The lowest BCUT2D eigenvalue weighted by atomic mass is 10.2. The molecule has 0 fully saturated rings. The van der Waals surface area contributed by atoms with Crippen molar-refractivity contribution in [2.45, 2.75) is 0 Å². The number of nitro benzene ring substituents is 1. The van der Waals surface area contributed by atoms with E-state index in [1.54, 1.807) is 0 Å². The minimum absolute atomic E-state index is 0.137. The van der Waals surface area contributed by atoms with Gasteiger partial charge in [0.15, 0.2) is 0 Å². The van der Waals surface area contributed by atoms with Gasteiger partial charge in [-0.25, -0.2) is 4.39 Å². The summed E-state index contributed by atoms with van der Waals surface area (Å²) in [5, 5.41) is 12.9. The molecule has 0 saturated carbocycles. The van der Waals surface area contributed by atoms with Gasteiger partial charge in [0.25, 0.3) is 11.6 Å². The third-order valence-corrected chi connectivity index (χ3v) is 2.79. The Balaban J connectivity index is 2.22. The molecule has 2 rings (SSSR count). The second-order valence-electron chi connectivity index (χ2n) is 3.89. The van der Waals surface area contributed by atoms with Crippen molar-refractivity contribution in [3.63, 3.8) is 0 Å². The maximum atomic E-state index is 13.0.